The summed E-state index contributed by atoms with van der Waals surface area (Å²) < 4.78 is 27.7. The number of sulfonamides is 1. The summed E-state index contributed by atoms with van der Waals surface area (Å²) in [5, 5.41) is 2.87. The van der Waals surface area contributed by atoms with Gasteiger partial charge >= 0.3 is 0 Å². The van der Waals surface area contributed by atoms with Crippen LogP contribution >= 0.6 is 0 Å². The van der Waals surface area contributed by atoms with E-state index in [-0.39, 0.29) is 28.5 Å². The first kappa shape index (κ1) is 25.9. The highest BCUT2D eigenvalue weighted by Gasteiger charge is 2.29. The number of aryl methyl sites for hydroxylation is 1. The molecule has 0 bridgehead atoms. The zero-order chi connectivity index (χ0) is 24.7. The molecular weight excluding hydrogens is 450 g/mol. The van der Waals surface area contributed by atoms with Crippen LogP contribution in [0.3, 0.4) is 0 Å². The first-order chi connectivity index (χ1) is 16.2. The maximum atomic E-state index is 12.7. The van der Waals surface area contributed by atoms with Crippen LogP contribution in [0.2, 0.25) is 0 Å². The van der Waals surface area contributed by atoms with E-state index in [1.165, 1.54) is 0 Å². The normalized spacial score (nSPS) is 19.3. The number of hydrogen-bond donors (Lipinski definition) is 2. The summed E-state index contributed by atoms with van der Waals surface area (Å²) in [7, 11) is -1.80. The highest BCUT2D eigenvalue weighted by atomic mass is 32.2. The summed E-state index contributed by atoms with van der Waals surface area (Å²) in [6.45, 7) is 4.48. The van der Waals surface area contributed by atoms with Gasteiger partial charge in [0.25, 0.3) is 0 Å². The Morgan fingerprint density at radius 3 is 2.24 bits per heavy atom. The van der Waals surface area contributed by atoms with Crippen molar-refractivity contribution in [3.63, 3.8) is 0 Å². The Balaban J connectivity index is 1.42. The third kappa shape index (κ3) is 7.14. The van der Waals surface area contributed by atoms with Crippen molar-refractivity contribution in [3.8, 4) is 0 Å². The van der Waals surface area contributed by atoms with Crippen molar-refractivity contribution in [1.29, 1.82) is 0 Å². The number of nitrogens with zero attached hydrogens (tertiary/aromatic N) is 1. The van der Waals surface area contributed by atoms with Crippen molar-refractivity contribution in [2.75, 3.05) is 13.6 Å². The van der Waals surface area contributed by atoms with Gasteiger partial charge < -0.3 is 10.2 Å². The van der Waals surface area contributed by atoms with Crippen LogP contribution in [-0.2, 0) is 26.2 Å². The van der Waals surface area contributed by atoms with Crippen LogP contribution in [-0.4, -0.2) is 44.8 Å². The molecule has 2 aromatic rings. The molecule has 1 saturated carbocycles. The second kappa shape index (κ2) is 11.6. The maximum absolute atomic E-state index is 12.7. The summed E-state index contributed by atoms with van der Waals surface area (Å²) in [6, 6.07) is 15.9. The van der Waals surface area contributed by atoms with E-state index < -0.39 is 16.1 Å². The molecule has 1 aliphatic carbocycles. The SMILES string of the molecule is Cc1ccc(S(=O)(=O)NCC2CCC(C(=O)NC(C)C(=O)N(C)Cc3ccccc3)CC2)cc1. The smallest absolute Gasteiger partial charge is 0.244 e. The molecule has 8 heteroatoms. The number of rotatable bonds is 9. The van der Waals surface area contributed by atoms with E-state index in [0.717, 1.165) is 24.0 Å². The molecule has 2 amide bonds. The summed E-state index contributed by atoms with van der Waals surface area (Å²) in [4.78, 5) is 27.3. The molecule has 7 nitrogen and oxygen atoms in total. The second-order valence-electron chi connectivity index (χ2n) is 9.29. The molecule has 2 aromatic carbocycles. The minimum atomic E-state index is -3.53. The Hall–Kier alpha value is -2.71. The van der Waals surface area contributed by atoms with Crippen LogP contribution in [0.15, 0.2) is 59.5 Å². The lowest BCUT2D eigenvalue weighted by molar-refractivity contribution is -0.136. The van der Waals surface area contributed by atoms with E-state index in [4.69, 9.17) is 0 Å². The molecule has 0 aliphatic heterocycles. The third-order valence-electron chi connectivity index (χ3n) is 6.48. The molecule has 3 rings (SSSR count). The Bertz CT molecular complexity index is 1060. The number of carbonyl (C=O) groups excluding carboxylic acids is 2. The Labute approximate surface area is 203 Å². The molecule has 1 atom stereocenters. The maximum Gasteiger partial charge on any atom is 0.244 e. The van der Waals surface area contributed by atoms with Gasteiger partial charge in [-0.25, -0.2) is 13.1 Å². The lowest BCUT2D eigenvalue weighted by Gasteiger charge is -2.29. The number of carbonyl (C=O) groups is 2. The van der Waals surface area contributed by atoms with E-state index in [1.54, 1.807) is 43.1 Å². The molecule has 1 unspecified atom stereocenters. The van der Waals surface area contributed by atoms with Gasteiger partial charge in [0, 0.05) is 26.1 Å². The van der Waals surface area contributed by atoms with Gasteiger partial charge in [0.2, 0.25) is 21.8 Å². The molecule has 0 spiro atoms. The Kier molecular flexibility index (Phi) is 8.85. The number of nitrogens with one attached hydrogen (secondary N) is 2. The van der Waals surface area contributed by atoms with Crippen molar-refractivity contribution < 1.29 is 18.0 Å². The van der Waals surface area contributed by atoms with Crippen molar-refractivity contribution >= 4 is 21.8 Å². The van der Waals surface area contributed by atoms with Gasteiger partial charge in [-0.3, -0.25) is 9.59 Å². The highest BCUT2D eigenvalue weighted by Crippen LogP contribution is 2.29. The fourth-order valence-corrected chi connectivity index (χ4v) is 5.43. The van der Waals surface area contributed by atoms with Crippen LogP contribution in [0.5, 0.6) is 0 Å². The summed E-state index contributed by atoms with van der Waals surface area (Å²) in [6.07, 6.45) is 2.91. The minimum absolute atomic E-state index is 0.104. The number of benzene rings is 2. The van der Waals surface area contributed by atoms with Gasteiger partial charge in [-0.1, -0.05) is 48.0 Å². The van der Waals surface area contributed by atoms with Crippen LogP contribution < -0.4 is 10.0 Å². The second-order valence-corrected chi connectivity index (χ2v) is 11.1. The van der Waals surface area contributed by atoms with Gasteiger partial charge in [-0.05, 0) is 63.1 Å². The Morgan fingerprint density at radius 2 is 1.62 bits per heavy atom. The van der Waals surface area contributed by atoms with Gasteiger partial charge in [0.05, 0.1) is 4.90 Å². The van der Waals surface area contributed by atoms with Gasteiger partial charge in [-0.15, -0.1) is 0 Å². The predicted octanol–water partition coefficient (Wildman–Crippen LogP) is 3.24. The molecule has 1 aliphatic rings. The molecule has 34 heavy (non-hydrogen) atoms. The fourth-order valence-electron chi connectivity index (χ4n) is 4.32. The molecule has 1 fully saturated rings. The average Bonchev–Trinajstić information content (AvgIpc) is 2.83. The van der Waals surface area contributed by atoms with E-state index in [2.05, 4.69) is 10.0 Å². The molecule has 0 heterocycles. The minimum Gasteiger partial charge on any atom is -0.344 e. The quantitative estimate of drug-likeness (QED) is 0.570. The van der Waals surface area contributed by atoms with E-state index in [1.807, 2.05) is 37.3 Å². The van der Waals surface area contributed by atoms with E-state index in [0.29, 0.717) is 25.9 Å². The van der Waals surface area contributed by atoms with Crippen molar-refractivity contribution in [3.05, 3.63) is 65.7 Å². The van der Waals surface area contributed by atoms with Crippen LogP contribution in [0.4, 0.5) is 0 Å². The molecule has 0 saturated heterocycles. The first-order valence-corrected chi connectivity index (χ1v) is 13.3. The molecule has 2 N–H and O–H groups in total. The van der Waals surface area contributed by atoms with Crippen LogP contribution in [0.1, 0.15) is 43.7 Å². The number of amides is 2. The van der Waals surface area contributed by atoms with Gasteiger partial charge in [-0.2, -0.15) is 0 Å². The summed E-state index contributed by atoms with van der Waals surface area (Å²) in [5.41, 5.74) is 2.04. The van der Waals surface area contributed by atoms with Crippen LogP contribution in [0, 0.1) is 18.8 Å². The molecule has 184 valence electrons. The first-order valence-electron chi connectivity index (χ1n) is 11.8. The number of hydrogen-bond acceptors (Lipinski definition) is 4. The van der Waals surface area contributed by atoms with Crippen molar-refractivity contribution in [1.82, 2.24) is 14.9 Å². The lowest BCUT2D eigenvalue weighted by atomic mass is 9.81. The molecule has 0 aromatic heterocycles. The lowest BCUT2D eigenvalue weighted by Crippen LogP contribution is -2.47. The zero-order valence-corrected chi connectivity index (χ0v) is 21.0. The topological polar surface area (TPSA) is 95.6 Å². The standard InChI is InChI=1S/C26H35N3O4S/c1-19-9-15-24(16-10-19)34(32,33)27-17-21-11-13-23(14-12-21)25(30)28-20(2)26(31)29(3)18-22-7-5-4-6-8-22/h4-10,15-16,20-21,23,27H,11-14,17-18H2,1-3H3,(H,28,30). The van der Waals surface area contributed by atoms with Crippen molar-refractivity contribution in [2.24, 2.45) is 11.8 Å². The zero-order valence-electron chi connectivity index (χ0n) is 20.2. The third-order valence-corrected chi connectivity index (χ3v) is 7.92. The van der Waals surface area contributed by atoms with Crippen LogP contribution in [0.25, 0.3) is 0 Å². The molecular formula is C26H35N3O4S. The average molecular weight is 486 g/mol. The Morgan fingerprint density at radius 1 is 1.00 bits per heavy atom. The number of likely N-dealkylation sites (N-methyl/N-ethyl adjacent to an activating group) is 1. The largest absolute Gasteiger partial charge is 0.344 e. The van der Waals surface area contributed by atoms with Gasteiger partial charge in [0.1, 0.15) is 6.04 Å². The molecule has 0 radical (unpaired) electrons. The monoisotopic (exact) mass is 485 g/mol. The summed E-state index contributed by atoms with van der Waals surface area (Å²) >= 11 is 0. The van der Waals surface area contributed by atoms with Crippen molar-refractivity contribution in [2.45, 2.75) is 57.0 Å². The van der Waals surface area contributed by atoms with Gasteiger partial charge in [0.15, 0.2) is 0 Å². The van der Waals surface area contributed by atoms with E-state index in [9.17, 15) is 18.0 Å². The summed E-state index contributed by atoms with van der Waals surface area (Å²) in [5.74, 6) is -0.191. The van der Waals surface area contributed by atoms with E-state index >= 15 is 0 Å². The highest BCUT2D eigenvalue weighted by molar-refractivity contribution is 7.89. The fraction of sp³-hybridized carbons (Fsp3) is 0.462. The predicted molar refractivity (Wildman–Crippen MR) is 132 cm³/mol.